The van der Waals surface area contributed by atoms with Crippen LogP contribution in [-0.4, -0.2) is 10.4 Å². The predicted molar refractivity (Wildman–Crippen MR) is 224 cm³/mol. The highest BCUT2D eigenvalue weighted by molar-refractivity contribution is 6.12. The van der Waals surface area contributed by atoms with Crippen LogP contribution < -0.4 is 5.73 Å². The fourth-order valence-electron chi connectivity index (χ4n) is 9.37. The van der Waals surface area contributed by atoms with Gasteiger partial charge in [-0.15, -0.1) is 0 Å². The quantitative estimate of drug-likeness (QED) is 0.142. The lowest BCUT2D eigenvalue weighted by Gasteiger charge is -2.30. The Morgan fingerprint density at radius 2 is 0.944 bits per heavy atom. The van der Waals surface area contributed by atoms with Crippen LogP contribution in [0.2, 0.25) is 0 Å². The lowest BCUT2D eigenvalue weighted by Crippen LogP contribution is -2.25. The van der Waals surface area contributed by atoms with E-state index in [1.807, 2.05) is 12.1 Å². The Bertz CT molecular complexity index is 2920. The minimum atomic E-state index is -0.405. The van der Waals surface area contributed by atoms with Crippen LogP contribution in [0.25, 0.3) is 66.3 Å². The standard InChI is InChI=1S/C51H35N3/c52-50(37-19-13-18-35(28-37)33-14-3-1-4-15-33)53-32-54-48-29-36(34-16-5-2-6-17-34)26-27-41(48)43-30-47-42(31-49(43)54)40-22-9-12-25-46(40)51(47)44-23-10-7-20-38(44)39-21-8-11-24-45(39)51/h1-31H,32H2,(H2,52,53). The van der Waals surface area contributed by atoms with Crippen molar-refractivity contribution in [1.82, 2.24) is 4.57 Å². The van der Waals surface area contributed by atoms with Gasteiger partial charge in [0, 0.05) is 16.3 Å². The van der Waals surface area contributed by atoms with Gasteiger partial charge in [-0.3, -0.25) is 0 Å². The lowest BCUT2D eigenvalue weighted by molar-refractivity contribution is 0.787. The highest BCUT2D eigenvalue weighted by Crippen LogP contribution is 2.63. The average molecular weight is 690 g/mol. The van der Waals surface area contributed by atoms with Crippen LogP contribution in [0.15, 0.2) is 193 Å². The molecule has 9 aromatic rings. The molecule has 0 fully saturated rings. The fraction of sp³-hybridized carbons (Fsp3) is 0.0392. The average Bonchev–Trinajstić information content (AvgIpc) is 3.83. The van der Waals surface area contributed by atoms with Gasteiger partial charge in [0.2, 0.25) is 0 Å². The van der Waals surface area contributed by atoms with Crippen LogP contribution in [0.4, 0.5) is 0 Å². The predicted octanol–water partition coefficient (Wildman–Crippen LogP) is 11.8. The summed E-state index contributed by atoms with van der Waals surface area (Å²) in [6, 6.07) is 68.2. The largest absolute Gasteiger partial charge is 0.383 e. The van der Waals surface area contributed by atoms with Gasteiger partial charge in [-0.1, -0.05) is 164 Å². The molecular formula is C51H35N3. The molecule has 0 saturated carbocycles. The summed E-state index contributed by atoms with van der Waals surface area (Å²) in [4.78, 5) is 5.10. The third kappa shape index (κ3) is 4.33. The second-order valence-corrected chi connectivity index (χ2v) is 14.5. The van der Waals surface area contributed by atoms with Crippen LogP contribution in [0.5, 0.6) is 0 Å². The van der Waals surface area contributed by atoms with Crippen molar-refractivity contribution in [3.05, 3.63) is 216 Å². The molecule has 1 spiro atoms. The Morgan fingerprint density at radius 1 is 0.426 bits per heavy atom. The highest BCUT2D eigenvalue weighted by atomic mass is 15.1. The maximum absolute atomic E-state index is 6.83. The molecule has 0 aliphatic heterocycles. The second kappa shape index (κ2) is 11.8. The third-order valence-corrected chi connectivity index (χ3v) is 11.7. The maximum atomic E-state index is 6.83. The first-order valence-corrected chi connectivity index (χ1v) is 18.6. The minimum Gasteiger partial charge on any atom is -0.383 e. The summed E-state index contributed by atoms with van der Waals surface area (Å²) in [5.74, 6) is 0.520. The van der Waals surface area contributed by atoms with E-state index in [1.54, 1.807) is 0 Å². The number of aromatic nitrogens is 1. The van der Waals surface area contributed by atoms with Crippen LogP contribution in [0.3, 0.4) is 0 Å². The maximum Gasteiger partial charge on any atom is 0.127 e. The van der Waals surface area contributed by atoms with Gasteiger partial charge in [-0.05, 0) is 91.0 Å². The van der Waals surface area contributed by atoms with Crippen LogP contribution in [-0.2, 0) is 12.1 Å². The first-order valence-electron chi connectivity index (χ1n) is 18.6. The summed E-state index contributed by atoms with van der Waals surface area (Å²) in [6.07, 6.45) is 0. The monoisotopic (exact) mass is 689 g/mol. The van der Waals surface area contributed by atoms with Gasteiger partial charge in [0.15, 0.2) is 0 Å². The molecule has 54 heavy (non-hydrogen) atoms. The fourth-order valence-corrected chi connectivity index (χ4v) is 9.37. The smallest absolute Gasteiger partial charge is 0.127 e. The first kappa shape index (κ1) is 30.6. The molecule has 0 amide bonds. The van der Waals surface area contributed by atoms with Gasteiger partial charge in [0.05, 0.1) is 16.4 Å². The number of fused-ring (bicyclic) bond motifs is 13. The molecule has 8 aromatic carbocycles. The molecule has 0 saturated heterocycles. The molecule has 11 rings (SSSR count). The minimum absolute atomic E-state index is 0.386. The number of benzene rings is 8. The summed E-state index contributed by atoms with van der Waals surface area (Å²) in [6.45, 7) is 0.386. The van der Waals surface area contributed by atoms with E-state index in [1.165, 1.54) is 66.4 Å². The summed E-state index contributed by atoms with van der Waals surface area (Å²) in [7, 11) is 0. The van der Waals surface area contributed by atoms with E-state index in [9.17, 15) is 0 Å². The Morgan fingerprint density at radius 3 is 1.57 bits per heavy atom. The number of nitrogens with zero attached hydrogens (tertiary/aromatic N) is 2. The molecule has 1 aromatic heterocycles. The number of hydrogen-bond donors (Lipinski definition) is 1. The molecular weight excluding hydrogens is 655 g/mol. The molecule has 0 bridgehead atoms. The normalized spacial score (nSPS) is 13.6. The molecule has 1 heterocycles. The van der Waals surface area contributed by atoms with E-state index in [4.69, 9.17) is 10.7 Å². The Labute approximate surface area is 314 Å². The second-order valence-electron chi connectivity index (χ2n) is 14.5. The van der Waals surface area contributed by atoms with Crippen molar-refractivity contribution in [2.45, 2.75) is 12.1 Å². The van der Waals surface area contributed by atoms with E-state index in [-0.39, 0.29) is 0 Å². The molecule has 2 N–H and O–H groups in total. The summed E-state index contributed by atoms with van der Waals surface area (Å²) >= 11 is 0. The summed E-state index contributed by atoms with van der Waals surface area (Å²) in [5, 5.41) is 2.43. The molecule has 254 valence electrons. The van der Waals surface area contributed by atoms with Crippen molar-refractivity contribution in [1.29, 1.82) is 0 Å². The van der Waals surface area contributed by atoms with Gasteiger partial charge in [-0.2, -0.15) is 0 Å². The number of nitrogens with two attached hydrogens (primary N) is 1. The van der Waals surface area contributed by atoms with Gasteiger partial charge in [0.1, 0.15) is 12.5 Å². The summed E-state index contributed by atoms with van der Waals surface area (Å²) in [5.41, 5.74) is 24.8. The molecule has 2 aliphatic rings. The zero-order valence-corrected chi connectivity index (χ0v) is 29.6. The zero-order chi connectivity index (χ0) is 35.8. The zero-order valence-electron chi connectivity index (χ0n) is 29.6. The first-order chi connectivity index (χ1) is 26.7. The van der Waals surface area contributed by atoms with Crippen molar-refractivity contribution >= 4 is 27.6 Å². The SMILES string of the molecule is NC(=NCn1c2cc(-c3ccccc3)ccc2c2cc3c(cc21)-c1ccccc1C31c2ccccc2-c2ccccc21)c1cccc(-c2ccccc2)c1. The van der Waals surface area contributed by atoms with E-state index in [0.29, 0.717) is 12.5 Å². The van der Waals surface area contributed by atoms with E-state index < -0.39 is 5.41 Å². The van der Waals surface area contributed by atoms with E-state index in [0.717, 1.165) is 27.7 Å². The van der Waals surface area contributed by atoms with Crippen molar-refractivity contribution in [2.75, 3.05) is 0 Å². The Kier molecular flexibility index (Phi) is 6.68. The van der Waals surface area contributed by atoms with Crippen LogP contribution in [0.1, 0.15) is 27.8 Å². The van der Waals surface area contributed by atoms with Crippen molar-refractivity contribution < 1.29 is 0 Å². The topological polar surface area (TPSA) is 43.3 Å². The van der Waals surface area contributed by atoms with Gasteiger partial charge >= 0.3 is 0 Å². The highest BCUT2D eigenvalue weighted by Gasteiger charge is 2.51. The van der Waals surface area contributed by atoms with E-state index in [2.05, 4.69) is 180 Å². The van der Waals surface area contributed by atoms with Crippen molar-refractivity contribution in [3.63, 3.8) is 0 Å². The molecule has 0 atom stereocenters. The molecule has 0 radical (unpaired) electrons. The van der Waals surface area contributed by atoms with Gasteiger partial charge in [-0.25, -0.2) is 4.99 Å². The molecule has 0 unspecified atom stereocenters. The van der Waals surface area contributed by atoms with Crippen molar-refractivity contribution in [2.24, 2.45) is 10.7 Å². The number of rotatable bonds is 5. The van der Waals surface area contributed by atoms with Crippen LogP contribution in [0, 0.1) is 0 Å². The Balaban J connectivity index is 1.15. The molecule has 3 heteroatoms. The lowest BCUT2D eigenvalue weighted by atomic mass is 9.70. The van der Waals surface area contributed by atoms with Crippen molar-refractivity contribution in [3.8, 4) is 44.5 Å². The van der Waals surface area contributed by atoms with Gasteiger partial charge in [0.25, 0.3) is 0 Å². The molecule has 2 aliphatic carbocycles. The number of amidine groups is 1. The van der Waals surface area contributed by atoms with Gasteiger partial charge < -0.3 is 10.3 Å². The van der Waals surface area contributed by atoms with E-state index >= 15 is 0 Å². The third-order valence-electron chi connectivity index (χ3n) is 11.7. The Hall–Kier alpha value is -6.97. The summed E-state index contributed by atoms with van der Waals surface area (Å²) < 4.78 is 2.36. The van der Waals surface area contributed by atoms with Crippen LogP contribution >= 0.6 is 0 Å². The number of hydrogen-bond acceptors (Lipinski definition) is 1. The molecule has 3 nitrogen and oxygen atoms in total. The number of aliphatic imine (C=N–C) groups is 1.